The molecule has 9 unspecified atom stereocenters. The van der Waals surface area contributed by atoms with Gasteiger partial charge in [0.15, 0.2) is 11.6 Å². The molecule has 3 heterocycles. The molecule has 7 N–H and O–H groups in total. The highest BCUT2D eigenvalue weighted by Crippen LogP contribution is 2.72. The number of ketones is 2. The lowest BCUT2D eigenvalue weighted by Gasteiger charge is -2.51. The second-order valence-corrected chi connectivity index (χ2v) is 21.8. The number of fused-ring (bicyclic) bond motifs is 6. The van der Waals surface area contributed by atoms with Crippen molar-refractivity contribution in [1.82, 2.24) is 4.98 Å². The van der Waals surface area contributed by atoms with Crippen molar-refractivity contribution in [1.29, 1.82) is 0 Å². The van der Waals surface area contributed by atoms with Crippen molar-refractivity contribution in [3.05, 3.63) is 112 Å². The van der Waals surface area contributed by atoms with Crippen LogP contribution in [-0.4, -0.2) is 95.6 Å². The van der Waals surface area contributed by atoms with Crippen LogP contribution in [0.1, 0.15) is 108 Å². The second kappa shape index (κ2) is 16.3. The number of pyridine rings is 1. The van der Waals surface area contributed by atoms with Gasteiger partial charge in [0.1, 0.15) is 46.7 Å². The van der Waals surface area contributed by atoms with Gasteiger partial charge in [0.2, 0.25) is 6.29 Å². The summed E-state index contributed by atoms with van der Waals surface area (Å²) in [5.74, 6) is -1.36. The van der Waals surface area contributed by atoms with E-state index in [2.05, 4.69) is 10.3 Å². The van der Waals surface area contributed by atoms with Crippen LogP contribution in [0.15, 0.2) is 84.3 Å². The molecule has 6 bridgehead atoms. The third-order valence-corrected chi connectivity index (χ3v) is 18.5. The largest absolute Gasteiger partial charge is 0.511 e. The summed E-state index contributed by atoms with van der Waals surface area (Å²) in [5, 5.41) is 73.3. The van der Waals surface area contributed by atoms with Crippen molar-refractivity contribution in [2.24, 2.45) is 22.2 Å². The van der Waals surface area contributed by atoms with E-state index in [1.54, 1.807) is 30.5 Å². The van der Waals surface area contributed by atoms with E-state index in [4.69, 9.17) is 9.47 Å². The van der Waals surface area contributed by atoms with Crippen LogP contribution in [-0.2, 0) is 23.2 Å². The molecule has 10 rings (SSSR count). The number of carbonyl (C=O) groups is 2. The van der Waals surface area contributed by atoms with Crippen molar-refractivity contribution in [2.75, 3.05) is 23.6 Å². The highest BCUT2D eigenvalue weighted by Gasteiger charge is 2.66. The van der Waals surface area contributed by atoms with Crippen LogP contribution >= 0.6 is 21.6 Å². The Bertz CT molecular complexity index is 2360. The Kier molecular flexibility index (Phi) is 11.2. The molecule has 3 aromatic rings. The van der Waals surface area contributed by atoms with Crippen LogP contribution in [0.3, 0.4) is 0 Å². The summed E-state index contributed by atoms with van der Waals surface area (Å²) in [4.78, 5) is 34.8. The molecule has 4 spiro atoms. The van der Waals surface area contributed by atoms with Gasteiger partial charge in [-0.2, -0.15) is 0 Å². The van der Waals surface area contributed by atoms with Gasteiger partial charge in [-0.25, -0.2) is 4.98 Å². The monoisotopic (exact) mass is 896 g/mol. The summed E-state index contributed by atoms with van der Waals surface area (Å²) < 4.78 is 12.5. The Hall–Kier alpha value is -3.73. The maximum Gasteiger partial charge on any atom is 0.229 e. The number of benzene rings is 2. The Morgan fingerprint density at radius 3 is 2.44 bits per heavy atom. The zero-order chi connectivity index (χ0) is 43.8. The fraction of sp³-hybridized carbons (Fsp3) is 0.531. The maximum absolute atomic E-state index is 15.3. The van der Waals surface area contributed by atoms with Crippen LogP contribution < -0.4 is 10.1 Å². The van der Waals surface area contributed by atoms with Gasteiger partial charge < -0.3 is 45.4 Å². The van der Waals surface area contributed by atoms with E-state index in [0.717, 1.165) is 48.8 Å². The molecule has 2 aromatic carbocycles. The Morgan fingerprint density at radius 1 is 0.857 bits per heavy atom. The lowest BCUT2D eigenvalue weighted by atomic mass is 9.59. The Morgan fingerprint density at radius 2 is 1.63 bits per heavy atom. The smallest absolute Gasteiger partial charge is 0.229 e. The van der Waals surface area contributed by atoms with Crippen LogP contribution in [0.4, 0.5) is 5.82 Å². The van der Waals surface area contributed by atoms with E-state index in [1.807, 2.05) is 36.4 Å². The number of allylic oxidation sites excluding steroid dienone is 4. The molecule has 334 valence electrons. The zero-order valence-corrected chi connectivity index (χ0v) is 36.8. The number of nitrogens with one attached hydrogen (secondary N) is 1. The Labute approximate surface area is 375 Å². The molecule has 4 fully saturated rings. The van der Waals surface area contributed by atoms with E-state index in [-0.39, 0.29) is 52.2 Å². The summed E-state index contributed by atoms with van der Waals surface area (Å²) in [7, 11) is 2.79. The van der Waals surface area contributed by atoms with E-state index in [0.29, 0.717) is 23.7 Å². The number of anilines is 1. The molecule has 1 saturated heterocycles. The number of aliphatic hydroxyl groups excluding tert-OH is 5. The highest BCUT2D eigenvalue weighted by atomic mass is 33.1. The average Bonchev–Trinajstić information content (AvgIpc) is 4.02. The number of rotatable bonds is 4. The molecule has 0 radical (unpaired) electrons. The number of hydrogen-bond donors (Lipinski definition) is 7. The first-order chi connectivity index (χ1) is 30.4. The van der Waals surface area contributed by atoms with Crippen LogP contribution in [0.25, 0.3) is 0 Å². The van der Waals surface area contributed by atoms with Crippen molar-refractivity contribution >= 4 is 39.0 Å². The number of ether oxygens (including phenoxy) is 2. The molecule has 5 aliphatic carbocycles. The van der Waals surface area contributed by atoms with Crippen LogP contribution in [0, 0.1) is 22.2 Å². The number of nitrogens with zero attached hydrogens (tertiary/aromatic N) is 1. The summed E-state index contributed by atoms with van der Waals surface area (Å²) in [6.07, 6.45) is 9.39. The molecule has 0 amide bonds. The predicted molar refractivity (Wildman–Crippen MR) is 239 cm³/mol. The minimum atomic E-state index is -2.25. The molecule has 2 aliphatic heterocycles. The number of aromatic nitrogens is 1. The van der Waals surface area contributed by atoms with E-state index in [1.165, 1.54) is 59.8 Å². The number of carbonyl (C=O) groups excluding carboxylic acids is 2. The molecule has 7 aliphatic rings. The lowest BCUT2D eigenvalue weighted by Crippen LogP contribution is -2.69. The predicted octanol–water partition coefficient (Wildman–Crippen LogP) is 6.74. The van der Waals surface area contributed by atoms with Crippen molar-refractivity contribution in [3.63, 3.8) is 0 Å². The third-order valence-electron chi connectivity index (χ3n) is 16.3. The topological polar surface area (TPSA) is 199 Å². The fourth-order valence-corrected chi connectivity index (χ4v) is 15.4. The van der Waals surface area contributed by atoms with Crippen molar-refractivity contribution in [3.8, 4) is 5.75 Å². The zero-order valence-electron chi connectivity index (χ0n) is 35.2. The standard InChI is InChI=1S/C49H56N2O10S2/c52-23-30-7-3-6-29(18-30)19-31-20-34-40(55)33-8-4-9-35-39(33)42(57)48(34,37(54)21-31)27-62-63-28-51-38-22-32(10-17-50-38)45(15-16-47(25-45)14-5-13-46(47)11-1-2-12-46)26-49(59)41(56)36(24-53)61-44(60-35)43(49)58/h3-4,6-10,17-18,20-22,34,36,41,43-44,52-54,56,58-59H,1-2,5,11-16,19,23-28H2,(H,50,51). The first kappa shape index (κ1) is 43.2. The lowest BCUT2D eigenvalue weighted by molar-refractivity contribution is -0.318. The second-order valence-electron chi connectivity index (χ2n) is 19.4. The molecular formula is C49H56N2O10S2. The van der Waals surface area contributed by atoms with Gasteiger partial charge >= 0.3 is 0 Å². The van der Waals surface area contributed by atoms with Gasteiger partial charge in [0.25, 0.3) is 0 Å². The van der Waals surface area contributed by atoms with Gasteiger partial charge in [-0.15, -0.1) is 0 Å². The van der Waals surface area contributed by atoms with Gasteiger partial charge in [-0.3, -0.25) is 9.59 Å². The fourth-order valence-electron chi connectivity index (χ4n) is 13.2. The van der Waals surface area contributed by atoms with E-state index in [9.17, 15) is 35.4 Å². The summed E-state index contributed by atoms with van der Waals surface area (Å²) in [5.41, 5.74) is -1.23. The SMILES string of the molecule is O=C1c2cccc3c2C(=O)C2(CSSCNc4cc(ccn4)C4(CCC5(CCCC56CCCC6)C4)CC4(O)C(O)C(CO)OC(O3)C4O)C(O)=CC(Cc3cccc(CO)c3)=CC12. The first-order valence-electron chi connectivity index (χ1n) is 22.4. The average molecular weight is 897 g/mol. The summed E-state index contributed by atoms with van der Waals surface area (Å²) in [6.45, 7) is -0.828. The number of hydrogen-bond acceptors (Lipinski definition) is 14. The van der Waals surface area contributed by atoms with Gasteiger partial charge in [-0.1, -0.05) is 83.3 Å². The summed E-state index contributed by atoms with van der Waals surface area (Å²) >= 11 is 0. The number of aliphatic hydroxyl groups is 6. The van der Waals surface area contributed by atoms with Gasteiger partial charge in [-0.05, 0) is 121 Å². The molecule has 12 nitrogen and oxygen atoms in total. The first-order valence-corrected chi connectivity index (χ1v) is 24.9. The molecule has 9 atom stereocenters. The number of Topliss-reactive ketones (excluding diaryl/α,β-unsaturated/α-hetero) is 2. The molecule has 1 aromatic heterocycles. The van der Waals surface area contributed by atoms with E-state index >= 15 is 4.79 Å². The highest BCUT2D eigenvalue weighted by molar-refractivity contribution is 8.76. The van der Waals surface area contributed by atoms with Gasteiger partial charge in [0.05, 0.1) is 30.6 Å². The molecular weight excluding hydrogens is 841 g/mol. The van der Waals surface area contributed by atoms with Crippen molar-refractivity contribution in [2.45, 2.75) is 119 Å². The Balaban J connectivity index is 1.06. The molecule has 63 heavy (non-hydrogen) atoms. The molecule has 14 heteroatoms. The van der Waals surface area contributed by atoms with Crippen molar-refractivity contribution < 1.29 is 49.7 Å². The maximum atomic E-state index is 15.3. The molecule has 3 saturated carbocycles. The van der Waals surface area contributed by atoms with Crippen LogP contribution in [0.2, 0.25) is 0 Å². The quantitative estimate of drug-likeness (QED) is 0.136. The minimum absolute atomic E-state index is 0.0238. The van der Waals surface area contributed by atoms with Gasteiger partial charge in [0, 0.05) is 17.5 Å². The summed E-state index contributed by atoms with van der Waals surface area (Å²) in [6, 6.07) is 16.0. The minimum Gasteiger partial charge on any atom is -0.511 e. The van der Waals surface area contributed by atoms with E-state index < -0.39 is 65.1 Å². The normalized spacial score (nSPS) is 36.0. The van der Waals surface area contributed by atoms with Crippen LogP contribution in [0.5, 0.6) is 5.75 Å². The third kappa shape index (κ3) is 6.84.